The Morgan fingerprint density at radius 1 is 1.05 bits per heavy atom. The Hall–Kier alpha value is -4.74. The number of aromatic nitrogens is 2. The van der Waals surface area contributed by atoms with Crippen LogP contribution >= 0.6 is 0 Å². The lowest BCUT2D eigenvalue weighted by atomic mass is 10.0. The molecule has 0 bridgehead atoms. The number of ether oxygens (including phenoxy) is 2. The highest BCUT2D eigenvalue weighted by atomic mass is 19.1. The molecule has 218 valence electrons. The number of pyridine rings is 1. The standard InChI is InChI=1S/C29H33FN4O7/c1-31(2)26(36)11-7-6-10-25(41-28(38)32(3)4)24(35)17-19-9-8-14-33(27(19)37)18-22-16-20-15-21(30)12-13-23(20)34(22)29(39)40-5/h7-9,11-16,25H,6,10,17-18H2,1-5H3/b11-7+/t25-/m0/s1. The van der Waals surface area contributed by atoms with Crippen LogP contribution in [0.4, 0.5) is 14.0 Å². The van der Waals surface area contributed by atoms with Crippen molar-refractivity contribution in [3.63, 3.8) is 0 Å². The molecule has 0 aliphatic carbocycles. The summed E-state index contributed by atoms with van der Waals surface area (Å²) in [6.45, 7) is -0.0595. The lowest BCUT2D eigenvalue weighted by Crippen LogP contribution is -2.35. The van der Waals surface area contributed by atoms with Gasteiger partial charge in [0, 0.05) is 57.5 Å². The Kier molecular flexibility index (Phi) is 10.2. The summed E-state index contributed by atoms with van der Waals surface area (Å²) >= 11 is 0. The van der Waals surface area contributed by atoms with Crippen molar-refractivity contribution in [2.45, 2.75) is 31.9 Å². The Bertz CT molecular complexity index is 1540. The molecule has 3 rings (SSSR count). The highest BCUT2D eigenvalue weighted by Gasteiger charge is 2.25. The molecular formula is C29H33FN4O7. The van der Waals surface area contributed by atoms with Gasteiger partial charge in [0.25, 0.3) is 5.56 Å². The molecule has 0 saturated heterocycles. The number of amides is 2. The number of hydrogen-bond acceptors (Lipinski definition) is 7. The lowest BCUT2D eigenvalue weighted by Gasteiger charge is -2.19. The van der Waals surface area contributed by atoms with E-state index in [-0.39, 0.29) is 37.3 Å². The highest BCUT2D eigenvalue weighted by molar-refractivity contribution is 5.91. The molecule has 2 aromatic heterocycles. The Morgan fingerprint density at radius 3 is 2.44 bits per heavy atom. The minimum Gasteiger partial charge on any atom is -0.452 e. The number of ketones is 1. The molecule has 12 heteroatoms. The first-order chi connectivity index (χ1) is 19.4. The van der Waals surface area contributed by atoms with E-state index in [1.165, 1.54) is 76.7 Å². The first kappa shape index (κ1) is 30.8. The van der Waals surface area contributed by atoms with Crippen molar-refractivity contribution in [2.75, 3.05) is 35.3 Å². The van der Waals surface area contributed by atoms with Crippen molar-refractivity contribution in [1.82, 2.24) is 18.9 Å². The van der Waals surface area contributed by atoms with Gasteiger partial charge in [-0.15, -0.1) is 0 Å². The first-order valence-electron chi connectivity index (χ1n) is 12.8. The quantitative estimate of drug-likeness (QED) is 0.345. The summed E-state index contributed by atoms with van der Waals surface area (Å²) < 4.78 is 26.7. The zero-order chi connectivity index (χ0) is 30.3. The molecule has 0 unspecified atom stereocenters. The van der Waals surface area contributed by atoms with Gasteiger partial charge in [0.05, 0.1) is 19.2 Å². The third kappa shape index (κ3) is 7.68. The molecule has 0 radical (unpaired) electrons. The van der Waals surface area contributed by atoms with Crippen molar-refractivity contribution >= 4 is 34.8 Å². The van der Waals surface area contributed by atoms with Gasteiger partial charge in [-0.1, -0.05) is 12.1 Å². The number of Topliss-reactive ketones (excluding diaryl/α,β-unsaturated/α-hetero) is 1. The van der Waals surface area contributed by atoms with Crippen molar-refractivity contribution in [3.05, 3.63) is 82.2 Å². The van der Waals surface area contributed by atoms with Gasteiger partial charge in [0.15, 0.2) is 11.9 Å². The second-order valence-electron chi connectivity index (χ2n) is 9.73. The van der Waals surface area contributed by atoms with Gasteiger partial charge < -0.3 is 23.8 Å². The predicted octanol–water partition coefficient (Wildman–Crippen LogP) is 3.21. The van der Waals surface area contributed by atoms with E-state index in [0.717, 1.165) is 0 Å². The number of rotatable bonds is 10. The zero-order valence-electron chi connectivity index (χ0n) is 23.6. The van der Waals surface area contributed by atoms with Crippen molar-refractivity contribution in [3.8, 4) is 0 Å². The maximum atomic E-state index is 13.8. The Labute approximate surface area is 236 Å². The summed E-state index contributed by atoms with van der Waals surface area (Å²) in [4.78, 5) is 65.6. The number of fused-ring (bicyclic) bond motifs is 1. The molecule has 2 amide bonds. The van der Waals surface area contributed by atoms with Crippen LogP contribution in [0.15, 0.2) is 59.5 Å². The third-order valence-electron chi connectivity index (χ3n) is 6.26. The number of allylic oxidation sites excluding steroid dienone is 1. The average Bonchev–Trinajstić information content (AvgIpc) is 3.28. The normalized spacial score (nSPS) is 11.9. The number of methoxy groups -OCH3 is 1. The molecule has 0 saturated carbocycles. The topological polar surface area (TPSA) is 120 Å². The van der Waals surface area contributed by atoms with Gasteiger partial charge in [-0.05, 0) is 49.2 Å². The van der Waals surface area contributed by atoms with Crippen LogP contribution in [-0.2, 0) is 32.0 Å². The second kappa shape index (κ2) is 13.6. The molecule has 2 heterocycles. The molecule has 0 fully saturated rings. The largest absolute Gasteiger partial charge is 0.452 e. The minimum absolute atomic E-state index is 0.0595. The van der Waals surface area contributed by atoms with Crippen molar-refractivity contribution in [1.29, 1.82) is 0 Å². The Morgan fingerprint density at radius 2 is 1.78 bits per heavy atom. The van der Waals surface area contributed by atoms with Crippen LogP contribution in [0.25, 0.3) is 10.9 Å². The zero-order valence-corrected chi connectivity index (χ0v) is 23.6. The van der Waals surface area contributed by atoms with Gasteiger partial charge >= 0.3 is 12.2 Å². The summed E-state index contributed by atoms with van der Waals surface area (Å²) in [5.74, 6) is -1.19. The summed E-state index contributed by atoms with van der Waals surface area (Å²) in [6, 6.07) is 8.62. The minimum atomic E-state index is -1.14. The molecule has 3 aromatic rings. The van der Waals surface area contributed by atoms with Crippen LogP contribution < -0.4 is 5.56 Å². The van der Waals surface area contributed by atoms with Crippen LogP contribution in [-0.4, -0.2) is 84.2 Å². The number of likely N-dealkylation sites (N-methyl/N-ethyl adjacent to an activating group) is 1. The van der Waals surface area contributed by atoms with E-state index in [4.69, 9.17) is 9.47 Å². The van der Waals surface area contributed by atoms with Crippen LogP contribution in [0, 0.1) is 5.82 Å². The highest BCUT2D eigenvalue weighted by Crippen LogP contribution is 2.22. The predicted molar refractivity (Wildman–Crippen MR) is 149 cm³/mol. The molecule has 0 aliphatic heterocycles. The number of halogens is 1. The SMILES string of the molecule is COC(=O)n1c(Cn2cccc(CC(=O)[C@H](CC/C=C/C(=O)N(C)C)OC(=O)N(C)C)c2=O)cc2cc(F)ccc21. The van der Waals surface area contributed by atoms with Crippen LogP contribution in [0.3, 0.4) is 0 Å². The molecule has 0 spiro atoms. The van der Waals surface area contributed by atoms with Gasteiger partial charge in [-0.3, -0.25) is 14.4 Å². The summed E-state index contributed by atoms with van der Waals surface area (Å²) in [7, 11) is 7.41. The van der Waals surface area contributed by atoms with Gasteiger partial charge in [0.2, 0.25) is 5.91 Å². The number of benzene rings is 1. The summed E-state index contributed by atoms with van der Waals surface area (Å²) in [5.41, 5.74) is 0.468. The molecule has 1 aromatic carbocycles. The van der Waals surface area contributed by atoms with Crippen molar-refractivity contribution in [2.24, 2.45) is 0 Å². The van der Waals surface area contributed by atoms with E-state index >= 15 is 0 Å². The number of carbonyl (C=O) groups is 4. The van der Waals surface area contributed by atoms with Gasteiger partial charge in [-0.2, -0.15) is 0 Å². The molecule has 41 heavy (non-hydrogen) atoms. The van der Waals surface area contributed by atoms with E-state index in [9.17, 15) is 28.4 Å². The average molecular weight is 569 g/mol. The fraction of sp³-hybridized carbons (Fsp3) is 0.345. The number of hydrogen-bond donors (Lipinski definition) is 0. The smallest absolute Gasteiger partial charge is 0.418 e. The Balaban J connectivity index is 1.85. The third-order valence-corrected chi connectivity index (χ3v) is 6.26. The van der Waals surface area contributed by atoms with E-state index in [0.29, 0.717) is 16.6 Å². The maximum Gasteiger partial charge on any atom is 0.418 e. The van der Waals surface area contributed by atoms with Crippen LogP contribution in [0.2, 0.25) is 0 Å². The molecule has 0 N–H and O–H groups in total. The maximum absolute atomic E-state index is 13.8. The van der Waals surface area contributed by atoms with Gasteiger partial charge in [-0.25, -0.2) is 18.5 Å². The monoisotopic (exact) mass is 568 g/mol. The van der Waals surface area contributed by atoms with Crippen LogP contribution in [0.1, 0.15) is 24.1 Å². The lowest BCUT2D eigenvalue weighted by molar-refractivity contribution is -0.127. The summed E-state index contributed by atoms with van der Waals surface area (Å²) in [5, 5.41) is 0.455. The molecular weight excluding hydrogens is 535 g/mol. The van der Waals surface area contributed by atoms with E-state index in [1.807, 2.05) is 0 Å². The van der Waals surface area contributed by atoms with E-state index < -0.39 is 35.5 Å². The van der Waals surface area contributed by atoms with Crippen molar-refractivity contribution < 1.29 is 33.0 Å². The molecule has 1 atom stereocenters. The van der Waals surface area contributed by atoms with Crippen LogP contribution in [0.5, 0.6) is 0 Å². The number of carbonyl (C=O) groups excluding carboxylic acids is 4. The van der Waals surface area contributed by atoms with E-state index in [1.54, 1.807) is 32.3 Å². The first-order valence-corrected chi connectivity index (χ1v) is 12.8. The summed E-state index contributed by atoms with van der Waals surface area (Å²) in [6.07, 6.45) is 2.00. The number of nitrogens with zero attached hydrogens (tertiary/aromatic N) is 4. The molecule has 11 nitrogen and oxygen atoms in total. The van der Waals surface area contributed by atoms with E-state index in [2.05, 4.69) is 0 Å². The van der Waals surface area contributed by atoms with Gasteiger partial charge in [0.1, 0.15) is 5.82 Å². The fourth-order valence-corrected chi connectivity index (χ4v) is 4.08. The molecule has 0 aliphatic rings. The second-order valence-corrected chi connectivity index (χ2v) is 9.73. The fourth-order valence-electron chi connectivity index (χ4n) is 4.08.